The Kier molecular flexibility index (Phi) is 3.19. The Morgan fingerprint density at radius 2 is 1.91 bits per heavy atom. The van der Waals surface area contributed by atoms with E-state index in [-0.39, 0.29) is 0 Å². The Morgan fingerprint density at radius 1 is 1.36 bits per heavy atom. The van der Waals surface area contributed by atoms with Crippen molar-refractivity contribution in [2.75, 3.05) is 0 Å². The van der Waals surface area contributed by atoms with Crippen LogP contribution in [0.15, 0.2) is 24.3 Å². The van der Waals surface area contributed by atoms with E-state index in [2.05, 4.69) is 55.0 Å². The van der Waals surface area contributed by atoms with Crippen molar-refractivity contribution in [2.24, 2.45) is 0 Å². The minimum atomic E-state index is 0.517. The molecule has 11 heavy (non-hydrogen) atoms. The van der Waals surface area contributed by atoms with Crippen molar-refractivity contribution in [2.45, 2.75) is 18.1 Å². The van der Waals surface area contributed by atoms with E-state index in [1.807, 2.05) is 0 Å². The molecule has 1 rings (SSSR count). The van der Waals surface area contributed by atoms with Gasteiger partial charge in [0.1, 0.15) is 7.85 Å². The molecular weight excluding hydrogens is 199 g/mol. The number of hydrogen-bond donors (Lipinski definition) is 0. The Morgan fingerprint density at radius 3 is 2.36 bits per heavy atom. The fourth-order valence-electron chi connectivity index (χ4n) is 1.01. The molecule has 0 saturated heterocycles. The van der Waals surface area contributed by atoms with Crippen LogP contribution in [0.3, 0.4) is 0 Å². The summed E-state index contributed by atoms with van der Waals surface area (Å²) in [7, 11) is 2.18. The topological polar surface area (TPSA) is 0 Å². The summed E-state index contributed by atoms with van der Waals surface area (Å²) in [6.07, 6.45) is 1.14. The minimum absolute atomic E-state index is 0.517. The lowest BCUT2D eigenvalue weighted by molar-refractivity contribution is 1.11. The first-order chi connectivity index (χ1) is 5.24. The standard InChI is InChI=1S/C9H12BBr/c1-7-2-4-8(5-3-7)9(11)6-10/h2-5,9H,6,10H2,1H3. The summed E-state index contributed by atoms with van der Waals surface area (Å²) in [4.78, 5) is 0.517. The number of halogens is 1. The second kappa shape index (κ2) is 3.96. The highest BCUT2D eigenvalue weighted by Gasteiger charge is 2.02. The monoisotopic (exact) mass is 210 g/mol. The van der Waals surface area contributed by atoms with Gasteiger partial charge in [0.15, 0.2) is 0 Å². The summed E-state index contributed by atoms with van der Waals surface area (Å²) in [5, 5.41) is 0. The van der Waals surface area contributed by atoms with Crippen LogP contribution >= 0.6 is 15.9 Å². The van der Waals surface area contributed by atoms with Crippen LogP contribution in [0.2, 0.25) is 6.32 Å². The normalized spacial score (nSPS) is 12.9. The van der Waals surface area contributed by atoms with Crippen LogP contribution in [-0.2, 0) is 0 Å². The Labute approximate surface area is 77.5 Å². The molecule has 0 aliphatic heterocycles. The average molecular weight is 211 g/mol. The minimum Gasteiger partial charge on any atom is -0.0847 e. The second-order valence-electron chi connectivity index (χ2n) is 2.79. The maximum absolute atomic E-state index is 3.61. The van der Waals surface area contributed by atoms with Gasteiger partial charge in [0.25, 0.3) is 0 Å². The highest BCUT2D eigenvalue weighted by molar-refractivity contribution is 9.09. The van der Waals surface area contributed by atoms with Crippen LogP contribution in [0, 0.1) is 6.92 Å². The molecule has 0 fully saturated rings. The zero-order valence-electron chi connectivity index (χ0n) is 6.97. The lowest BCUT2D eigenvalue weighted by Crippen LogP contribution is -1.87. The van der Waals surface area contributed by atoms with Crippen molar-refractivity contribution in [3.63, 3.8) is 0 Å². The molecule has 0 aliphatic rings. The van der Waals surface area contributed by atoms with Gasteiger partial charge in [-0.3, -0.25) is 0 Å². The first-order valence-electron chi connectivity index (χ1n) is 3.94. The molecule has 1 aromatic carbocycles. The van der Waals surface area contributed by atoms with Crippen molar-refractivity contribution in [3.8, 4) is 0 Å². The van der Waals surface area contributed by atoms with Gasteiger partial charge in [-0.15, -0.1) is 0 Å². The molecular formula is C9H12BBr. The highest BCUT2D eigenvalue weighted by Crippen LogP contribution is 2.25. The molecule has 0 bridgehead atoms. The largest absolute Gasteiger partial charge is 0.103 e. The molecule has 0 amide bonds. The molecule has 58 valence electrons. The van der Waals surface area contributed by atoms with Gasteiger partial charge in [-0.25, -0.2) is 0 Å². The molecule has 0 nitrogen and oxygen atoms in total. The summed E-state index contributed by atoms with van der Waals surface area (Å²) in [6.45, 7) is 2.11. The maximum atomic E-state index is 3.61. The Balaban J connectivity index is 2.81. The Bertz CT molecular complexity index is 218. The summed E-state index contributed by atoms with van der Waals surface area (Å²) in [6, 6.07) is 8.66. The Hall–Kier alpha value is -0.235. The third kappa shape index (κ3) is 2.37. The van der Waals surface area contributed by atoms with E-state index in [0.717, 1.165) is 6.32 Å². The SMILES string of the molecule is BCC(Br)c1ccc(C)cc1. The van der Waals surface area contributed by atoms with Crippen molar-refractivity contribution in [3.05, 3.63) is 35.4 Å². The van der Waals surface area contributed by atoms with Gasteiger partial charge in [-0.05, 0) is 12.5 Å². The van der Waals surface area contributed by atoms with Gasteiger partial charge in [0.05, 0.1) is 0 Å². The summed E-state index contributed by atoms with van der Waals surface area (Å²) in [5.74, 6) is 0. The lowest BCUT2D eigenvalue weighted by atomic mass is 9.97. The van der Waals surface area contributed by atoms with Gasteiger partial charge in [-0.1, -0.05) is 52.1 Å². The fourth-order valence-corrected chi connectivity index (χ4v) is 1.32. The van der Waals surface area contributed by atoms with E-state index in [0.29, 0.717) is 4.83 Å². The van der Waals surface area contributed by atoms with Gasteiger partial charge in [0, 0.05) is 4.83 Å². The van der Waals surface area contributed by atoms with Gasteiger partial charge in [-0.2, -0.15) is 0 Å². The molecule has 0 heterocycles. The van der Waals surface area contributed by atoms with Crippen LogP contribution in [-0.4, -0.2) is 7.85 Å². The van der Waals surface area contributed by atoms with Crippen LogP contribution in [0.4, 0.5) is 0 Å². The highest BCUT2D eigenvalue weighted by atomic mass is 79.9. The fraction of sp³-hybridized carbons (Fsp3) is 0.333. The lowest BCUT2D eigenvalue weighted by Gasteiger charge is -2.06. The number of benzene rings is 1. The predicted molar refractivity (Wildman–Crippen MR) is 56.2 cm³/mol. The molecule has 0 spiro atoms. The smallest absolute Gasteiger partial charge is 0.0847 e. The molecule has 0 radical (unpaired) electrons. The van der Waals surface area contributed by atoms with E-state index in [4.69, 9.17) is 0 Å². The van der Waals surface area contributed by atoms with Crippen LogP contribution in [0.5, 0.6) is 0 Å². The van der Waals surface area contributed by atoms with E-state index < -0.39 is 0 Å². The molecule has 1 aromatic rings. The van der Waals surface area contributed by atoms with Crippen LogP contribution in [0.25, 0.3) is 0 Å². The van der Waals surface area contributed by atoms with Crippen molar-refractivity contribution >= 4 is 23.8 Å². The zero-order chi connectivity index (χ0) is 8.27. The summed E-state index contributed by atoms with van der Waals surface area (Å²) >= 11 is 3.61. The average Bonchev–Trinajstić information content (AvgIpc) is 2.05. The second-order valence-corrected chi connectivity index (χ2v) is 3.89. The maximum Gasteiger partial charge on any atom is 0.103 e. The molecule has 1 atom stereocenters. The molecule has 0 aliphatic carbocycles. The first kappa shape index (κ1) is 8.86. The van der Waals surface area contributed by atoms with Gasteiger partial charge >= 0.3 is 0 Å². The number of hydrogen-bond acceptors (Lipinski definition) is 0. The van der Waals surface area contributed by atoms with Gasteiger partial charge < -0.3 is 0 Å². The number of alkyl halides is 1. The van der Waals surface area contributed by atoms with Crippen LogP contribution in [0.1, 0.15) is 16.0 Å². The van der Waals surface area contributed by atoms with E-state index in [1.165, 1.54) is 11.1 Å². The van der Waals surface area contributed by atoms with Crippen molar-refractivity contribution < 1.29 is 0 Å². The molecule has 2 heteroatoms. The molecule has 0 N–H and O–H groups in total. The zero-order valence-corrected chi connectivity index (χ0v) is 8.56. The van der Waals surface area contributed by atoms with E-state index in [1.54, 1.807) is 0 Å². The van der Waals surface area contributed by atoms with Crippen LogP contribution < -0.4 is 0 Å². The third-order valence-electron chi connectivity index (χ3n) is 1.80. The predicted octanol–water partition coefficient (Wildman–Crippen LogP) is 2.48. The van der Waals surface area contributed by atoms with E-state index >= 15 is 0 Å². The van der Waals surface area contributed by atoms with Crippen molar-refractivity contribution in [1.82, 2.24) is 0 Å². The number of rotatable bonds is 2. The summed E-state index contributed by atoms with van der Waals surface area (Å²) < 4.78 is 0. The first-order valence-corrected chi connectivity index (χ1v) is 4.86. The van der Waals surface area contributed by atoms with E-state index in [9.17, 15) is 0 Å². The van der Waals surface area contributed by atoms with Crippen molar-refractivity contribution in [1.29, 1.82) is 0 Å². The quantitative estimate of drug-likeness (QED) is 0.520. The molecule has 0 aromatic heterocycles. The van der Waals surface area contributed by atoms with Gasteiger partial charge in [0.2, 0.25) is 0 Å². The third-order valence-corrected chi connectivity index (χ3v) is 2.97. The molecule has 1 unspecified atom stereocenters. The summed E-state index contributed by atoms with van der Waals surface area (Å²) in [5.41, 5.74) is 2.70. The molecule has 0 saturated carbocycles. The number of aryl methyl sites for hydroxylation is 1.